The Balaban J connectivity index is 2.25. The van der Waals surface area contributed by atoms with Gasteiger partial charge >= 0.3 is 0 Å². The summed E-state index contributed by atoms with van der Waals surface area (Å²) in [5.41, 5.74) is 1.23. The van der Waals surface area contributed by atoms with E-state index in [9.17, 15) is 14.5 Å². The minimum Gasteiger partial charge on any atom is -0.375 e. The van der Waals surface area contributed by atoms with Crippen molar-refractivity contribution in [1.82, 2.24) is 10.2 Å². The van der Waals surface area contributed by atoms with Crippen LogP contribution in [0.5, 0.6) is 0 Å². The zero-order chi connectivity index (χ0) is 13.1. The summed E-state index contributed by atoms with van der Waals surface area (Å²) in [5.74, 6) is -0.587. The van der Waals surface area contributed by atoms with Crippen molar-refractivity contribution in [3.8, 4) is 0 Å². The predicted octanol–water partition coefficient (Wildman–Crippen LogP) is 2.38. The van der Waals surface area contributed by atoms with Gasteiger partial charge in [0.05, 0.1) is 17.2 Å². The predicted molar refractivity (Wildman–Crippen MR) is 63.7 cm³/mol. The number of hydrogen-bond donors (Lipinski definition) is 2. The van der Waals surface area contributed by atoms with Gasteiger partial charge < -0.3 is 5.32 Å². The van der Waals surface area contributed by atoms with E-state index in [4.69, 9.17) is 0 Å². The maximum atomic E-state index is 13.3. The molecule has 2 rings (SSSR count). The highest BCUT2D eigenvalue weighted by Crippen LogP contribution is 2.27. The molecule has 18 heavy (non-hydrogen) atoms. The van der Waals surface area contributed by atoms with Crippen molar-refractivity contribution in [1.29, 1.82) is 0 Å². The van der Waals surface area contributed by atoms with Gasteiger partial charge in [0.25, 0.3) is 5.69 Å². The Labute approximate surface area is 102 Å². The van der Waals surface area contributed by atoms with E-state index in [0.717, 1.165) is 11.6 Å². The molecule has 94 valence electrons. The lowest BCUT2D eigenvalue weighted by Crippen LogP contribution is -2.03. The molecule has 0 aliphatic rings. The van der Waals surface area contributed by atoms with Gasteiger partial charge in [-0.1, -0.05) is 0 Å². The highest BCUT2D eigenvalue weighted by atomic mass is 19.1. The Morgan fingerprint density at radius 1 is 1.56 bits per heavy atom. The number of aromatic amines is 1. The third-order valence-electron chi connectivity index (χ3n) is 2.51. The normalized spacial score (nSPS) is 10.3. The summed E-state index contributed by atoms with van der Waals surface area (Å²) in [6.07, 6.45) is 3.28. The van der Waals surface area contributed by atoms with E-state index in [1.54, 1.807) is 19.3 Å². The Kier molecular flexibility index (Phi) is 3.22. The van der Waals surface area contributed by atoms with Crippen molar-refractivity contribution in [2.75, 3.05) is 5.32 Å². The number of nitro groups is 1. The summed E-state index contributed by atoms with van der Waals surface area (Å²) in [6, 6.07) is 2.35. The average Bonchev–Trinajstić information content (AvgIpc) is 2.83. The molecule has 0 aliphatic heterocycles. The van der Waals surface area contributed by atoms with Crippen molar-refractivity contribution >= 4 is 11.4 Å². The lowest BCUT2D eigenvalue weighted by Gasteiger charge is -2.07. The highest BCUT2D eigenvalue weighted by Gasteiger charge is 2.16. The van der Waals surface area contributed by atoms with Gasteiger partial charge in [0.2, 0.25) is 0 Å². The van der Waals surface area contributed by atoms with Gasteiger partial charge in [0.15, 0.2) is 0 Å². The summed E-state index contributed by atoms with van der Waals surface area (Å²) >= 11 is 0. The molecule has 0 amide bonds. The standard InChI is InChI=1S/C11H11FN4O2/c1-7-2-10(11(16(17)18)3-9(7)12)13-4-8-5-14-15-6-8/h2-3,5-6,13H,4H2,1H3,(H,14,15). The van der Waals surface area contributed by atoms with Gasteiger partial charge in [-0.2, -0.15) is 5.10 Å². The van der Waals surface area contributed by atoms with Crippen molar-refractivity contribution in [3.05, 3.63) is 51.6 Å². The molecule has 1 aromatic heterocycles. The largest absolute Gasteiger partial charge is 0.375 e. The Bertz CT molecular complexity index is 569. The summed E-state index contributed by atoms with van der Waals surface area (Å²) < 4.78 is 13.3. The average molecular weight is 250 g/mol. The summed E-state index contributed by atoms with van der Waals surface area (Å²) in [4.78, 5) is 10.2. The number of nitrogens with one attached hydrogen (secondary N) is 2. The Morgan fingerprint density at radius 3 is 2.94 bits per heavy atom. The lowest BCUT2D eigenvalue weighted by molar-refractivity contribution is -0.384. The van der Waals surface area contributed by atoms with Crippen molar-refractivity contribution in [2.24, 2.45) is 0 Å². The summed E-state index contributed by atoms with van der Waals surface area (Å²) in [5, 5.41) is 20.1. The van der Waals surface area contributed by atoms with E-state index < -0.39 is 10.7 Å². The van der Waals surface area contributed by atoms with Crippen molar-refractivity contribution < 1.29 is 9.31 Å². The third kappa shape index (κ3) is 2.45. The van der Waals surface area contributed by atoms with E-state index in [-0.39, 0.29) is 5.69 Å². The van der Waals surface area contributed by atoms with Gasteiger partial charge in [0, 0.05) is 18.3 Å². The number of anilines is 1. The first-order chi connectivity index (χ1) is 8.58. The van der Waals surface area contributed by atoms with Crippen LogP contribution in [-0.2, 0) is 6.54 Å². The van der Waals surface area contributed by atoms with Crippen LogP contribution in [0.4, 0.5) is 15.8 Å². The van der Waals surface area contributed by atoms with E-state index in [1.807, 2.05) is 0 Å². The number of halogens is 1. The van der Waals surface area contributed by atoms with E-state index in [2.05, 4.69) is 15.5 Å². The van der Waals surface area contributed by atoms with Gasteiger partial charge in [-0.05, 0) is 18.6 Å². The number of benzene rings is 1. The van der Waals surface area contributed by atoms with Crippen molar-refractivity contribution in [2.45, 2.75) is 13.5 Å². The fraction of sp³-hybridized carbons (Fsp3) is 0.182. The monoisotopic (exact) mass is 250 g/mol. The molecule has 2 aromatic rings. The quantitative estimate of drug-likeness (QED) is 0.644. The Morgan fingerprint density at radius 2 is 2.33 bits per heavy atom. The molecule has 0 fully saturated rings. The molecule has 1 heterocycles. The maximum Gasteiger partial charge on any atom is 0.295 e. The fourth-order valence-electron chi connectivity index (χ4n) is 1.54. The first kappa shape index (κ1) is 12.0. The maximum absolute atomic E-state index is 13.3. The van der Waals surface area contributed by atoms with Crippen LogP contribution in [0.3, 0.4) is 0 Å². The SMILES string of the molecule is Cc1cc(NCc2cn[nH]c2)c([N+](=O)[O-])cc1F. The highest BCUT2D eigenvalue weighted by molar-refractivity contribution is 5.63. The molecule has 0 bridgehead atoms. The van der Waals surface area contributed by atoms with Crippen LogP contribution in [0.25, 0.3) is 0 Å². The number of hydrogen-bond acceptors (Lipinski definition) is 4. The number of nitrogens with zero attached hydrogens (tertiary/aromatic N) is 2. The van der Waals surface area contributed by atoms with E-state index in [1.165, 1.54) is 6.07 Å². The minimum absolute atomic E-state index is 0.276. The second-order valence-corrected chi connectivity index (χ2v) is 3.84. The second-order valence-electron chi connectivity index (χ2n) is 3.84. The second kappa shape index (κ2) is 4.82. The molecule has 0 saturated carbocycles. The van der Waals surface area contributed by atoms with Crippen LogP contribution in [0.1, 0.15) is 11.1 Å². The molecule has 6 nitrogen and oxygen atoms in total. The van der Waals surface area contributed by atoms with Crippen LogP contribution >= 0.6 is 0 Å². The number of aryl methyl sites for hydroxylation is 1. The number of aromatic nitrogens is 2. The summed E-state index contributed by atoms with van der Waals surface area (Å²) in [6.45, 7) is 1.94. The fourth-order valence-corrected chi connectivity index (χ4v) is 1.54. The van der Waals surface area contributed by atoms with Crippen LogP contribution in [0.2, 0.25) is 0 Å². The van der Waals surface area contributed by atoms with Gasteiger partial charge in [-0.25, -0.2) is 4.39 Å². The molecule has 0 saturated heterocycles. The molecule has 0 radical (unpaired) electrons. The van der Waals surface area contributed by atoms with Gasteiger partial charge in [-0.3, -0.25) is 15.2 Å². The van der Waals surface area contributed by atoms with E-state index >= 15 is 0 Å². The molecule has 7 heteroatoms. The zero-order valence-corrected chi connectivity index (χ0v) is 9.61. The molecule has 0 spiro atoms. The molecule has 0 atom stereocenters. The van der Waals surface area contributed by atoms with Crippen LogP contribution in [0.15, 0.2) is 24.5 Å². The van der Waals surface area contributed by atoms with Crippen LogP contribution in [-0.4, -0.2) is 15.1 Å². The van der Waals surface area contributed by atoms with Crippen LogP contribution in [0, 0.1) is 22.9 Å². The molecule has 0 unspecified atom stereocenters. The molecular weight excluding hydrogens is 239 g/mol. The summed E-state index contributed by atoms with van der Waals surface area (Å²) in [7, 11) is 0. The smallest absolute Gasteiger partial charge is 0.295 e. The molecule has 2 N–H and O–H groups in total. The Hall–Kier alpha value is -2.44. The number of rotatable bonds is 4. The molecular formula is C11H11FN4O2. The molecule has 0 aliphatic carbocycles. The topological polar surface area (TPSA) is 83.8 Å². The first-order valence-corrected chi connectivity index (χ1v) is 5.24. The zero-order valence-electron chi connectivity index (χ0n) is 9.61. The number of H-pyrrole nitrogens is 1. The van der Waals surface area contributed by atoms with Crippen molar-refractivity contribution in [3.63, 3.8) is 0 Å². The van der Waals surface area contributed by atoms with E-state index in [0.29, 0.717) is 17.8 Å². The number of nitro benzene ring substituents is 1. The van der Waals surface area contributed by atoms with Gasteiger partial charge in [0.1, 0.15) is 11.5 Å². The lowest BCUT2D eigenvalue weighted by atomic mass is 10.1. The van der Waals surface area contributed by atoms with Crippen LogP contribution < -0.4 is 5.32 Å². The third-order valence-corrected chi connectivity index (χ3v) is 2.51. The van der Waals surface area contributed by atoms with Gasteiger partial charge in [-0.15, -0.1) is 0 Å². The molecule has 1 aromatic carbocycles. The minimum atomic E-state index is -0.611. The first-order valence-electron chi connectivity index (χ1n) is 5.24.